The molecule has 3 nitrogen and oxygen atoms in total. The van der Waals surface area contributed by atoms with Crippen molar-refractivity contribution in [3.63, 3.8) is 0 Å². The lowest BCUT2D eigenvalue weighted by Crippen LogP contribution is -2.32. The van der Waals surface area contributed by atoms with Gasteiger partial charge in [0.15, 0.2) is 0 Å². The predicted molar refractivity (Wildman–Crippen MR) is 52.6 cm³/mol. The minimum absolute atomic E-state index is 0.913. The van der Waals surface area contributed by atoms with Gasteiger partial charge in [-0.3, -0.25) is 0 Å². The third-order valence-corrected chi connectivity index (χ3v) is 2.06. The summed E-state index contributed by atoms with van der Waals surface area (Å²) in [6.07, 6.45) is 6.20. The maximum atomic E-state index is 5.10. The van der Waals surface area contributed by atoms with Gasteiger partial charge in [0.25, 0.3) is 0 Å². The zero-order valence-corrected chi connectivity index (χ0v) is 8.37. The van der Waals surface area contributed by atoms with Crippen LogP contribution in [0.1, 0.15) is 12.8 Å². The molecule has 2 aliphatic rings. The van der Waals surface area contributed by atoms with E-state index in [2.05, 4.69) is 11.9 Å². The van der Waals surface area contributed by atoms with Gasteiger partial charge < -0.3 is 14.4 Å². The van der Waals surface area contributed by atoms with E-state index in [0.29, 0.717) is 0 Å². The van der Waals surface area contributed by atoms with Crippen molar-refractivity contribution in [2.45, 2.75) is 12.8 Å². The molecule has 0 spiro atoms. The van der Waals surface area contributed by atoms with Crippen LogP contribution in [0.4, 0.5) is 0 Å². The van der Waals surface area contributed by atoms with Gasteiger partial charge in [-0.05, 0) is 26.0 Å². The topological polar surface area (TPSA) is 21.7 Å². The van der Waals surface area contributed by atoms with E-state index in [-0.39, 0.29) is 0 Å². The summed E-state index contributed by atoms with van der Waals surface area (Å²) < 4.78 is 9.99. The Morgan fingerprint density at radius 2 is 1.92 bits per heavy atom. The van der Waals surface area contributed by atoms with E-state index in [4.69, 9.17) is 9.47 Å². The van der Waals surface area contributed by atoms with E-state index >= 15 is 0 Å². The van der Waals surface area contributed by atoms with Crippen LogP contribution in [0, 0.1) is 0 Å². The average molecular weight is 185 g/mol. The van der Waals surface area contributed by atoms with Gasteiger partial charge in [-0.2, -0.15) is 0 Å². The van der Waals surface area contributed by atoms with Gasteiger partial charge in [0.1, 0.15) is 0 Å². The van der Waals surface area contributed by atoms with Crippen molar-refractivity contribution in [2.24, 2.45) is 0 Å². The Hall–Kier alpha value is -0.540. The van der Waals surface area contributed by atoms with E-state index in [9.17, 15) is 0 Å². The summed E-state index contributed by atoms with van der Waals surface area (Å²) in [6, 6.07) is 0. The number of likely N-dealkylation sites (N-methyl/N-ethyl adjacent to an activating group) is 1. The summed E-state index contributed by atoms with van der Waals surface area (Å²) in [7, 11) is 2.11. The summed E-state index contributed by atoms with van der Waals surface area (Å²) in [4.78, 5) is 2.27. The molecule has 2 rings (SSSR count). The minimum atomic E-state index is 0.913. The summed E-state index contributed by atoms with van der Waals surface area (Å²) in [5, 5.41) is 0. The standard InChI is InChI=1S/C5H11NO.C5H8O/c1-6-2-4-7-5-3-6;1-2-4-6-5-3-1/h2-5H2,1H3;2,4H,1,3,5H2. The predicted octanol–water partition coefficient (Wildman–Crippen LogP) is 1.26. The molecule has 0 amide bonds. The van der Waals surface area contributed by atoms with Gasteiger partial charge in [-0.1, -0.05) is 0 Å². The first-order chi connectivity index (χ1) is 6.39. The van der Waals surface area contributed by atoms with Gasteiger partial charge in [0.2, 0.25) is 0 Å². The molecule has 0 aliphatic carbocycles. The third kappa shape index (κ3) is 5.66. The van der Waals surface area contributed by atoms with Gasteiger partial charge in [0, 0.05) is 13.1 Å². The van der Waals surface area contributed by atoms with Crippen LogP contribution in [0.15, 0.2) is 12.3 Å². The molecular formula is C10H19NO2. The largest absolute Gasteiger partial charge is 0.502 e. The second kappa shape index (κ2) is 6.92. The highest BCUT2D eigenvalue weighted by molar-refractivity contribution is 4.76. The molecule has 0 aromatic carbocycles. The highest BCUT2D eigenvalue weighted by Gasteiger charge is 2.02. The highest BCUT2D eigenvalue weighted by Crippen LogP contribution is 1.97. The summed E-state index contributed by atoms with van der Waals surface area (Å²) in [5.74, 6) is 0. The van der Waals surface area contributed by atoms with Crippen LogP contribution < -0.4 is 0 Å². The van der Waals surface area contributed by atoms with Gasteiger partial charge in [-0.25, -0.2) is 0 Å². The Morgan fingerprint density at radius 1 is 1.15 bits per heavy atom. The fraction of sp³-hybridized carbons (Fsp3) is 0.800. The molecule has 13 heavy (non-hydrogen) atoms. The van der Waals surface area contributed by atoms with E-state index in [1.807, 2.05) is 6.08 Å². The van der Waals surface area contributed by atoms with Gasteiger partial charge >= 0.3 is 0 Å². The van der Waals surface area contributed by atoms with Crippen molar-refractivity contribution in [2.75, 3.05) is 40.0 Å². The number of ether oxygens (including phenoxy) is 2. The second-order valence-corrected chi connectivity index (χ2v) is 3.30. The molecule has 1 saturated heterocycles. The molecular weight excluding hydrogens is 166 g/mol. The van der Waals surface area contributed by atoms with Crippen molar-refractivity contribution in [1.29, 1.82) is 0 Å². The summed E-state index contributed by atoms with van der Waals surface area (Å²) in [5.41, 5.74) is 0. The molecule has 1 fully saturated rings. The Balaban J connectivity index is 0.000000132. The smallest absolute Gasteiger partial charge is 0.0876 e. The molecule has 0 atom stereocenters. The molecule has 0 radical (unpaired) electrons. The molecule has 2 aliphatic heterocycles. The first-order valence-electron chi connectivity index (χ1n) is 4.92. The lowest BCUT2D eigenvalue weighted by molar-refractivity contribution is 0.0503. The molecule has 0 bridgehead atoms. The number of allylic oxidation sites excluding steroid dienone is 1. The fourth-order valence-electron chi connectivity index (χ4n) is 1.14. The molecule has 2 heterocycles. The lowest BCUT2D eigenvalue weighted by Gasteiger charge is -2.21. The number of morpholine rings is 1. The Bertz CT molecular complexity index is 134. The van der Waals surface area contributed by atoms with Crippen LogP contribution in [0.2, 0.25) is 0 Å². The number of hydrogen-bond acceptors (Lipinski definition) is 3. The second-order valence-electron chi connectivity index (χ2n) is 3.30. The molecule has 0 unspecified atom stereocenters. The van der Waals surface area contributed by atoms with Gasteiger partial charge in [0.05, 0.1) is 26.1 Å². The van der Waals surface area contributed by atoms with Crippen molar-refractivity contribution < 1.29 is 9.47 Å². The first kappa shape index (κ1) is 10.5. The van der Waals surface area contributed by atoms with Crippen LogP contribution in [-0.4, -0.2) is 44.9 Å². The first-order valence-corrected chi connectivity index (χ1v) is 4.92. The van der Waals surface area contributed by atoms with Crippen LogP contribution in [0.5, 0.6) is 0 Å². The number of hydrogen-bond donors (Lipinski definition) is 0. The Morgan fingerprint density at radius 3 is 2.15 bits per heavy atom. The fourth-order valence-corrected chi connectivity index (χ4v) is 1.14. The minimum Gasteiger partial charge on any atom is -0.502 e. The lowest BCUT2D eigenvalue weighted by atomic mass is 10.3. The van der Waals surface area contributed by atoms with Gasteiger partial charge in [-0.15, -0.1) is 0 Å². The third-order valence-electron chi connectivity index (χ3n) is 2.06. The molecule has 3 heteroatoms. The Kier molecular flexibility index (Phi) is 5.61. The average Bonchev–Trinajstić information content (AvgIpc) is 2.22. The highest BCUT2D eigenvalue weighted by atomic mass is 16.5. The molecule has 76 valence electrons. The zero-order chi connectivity index (χ0) is 9.36. The number of rotatable bonds is 0. The Labute approximate surface area is 80.3 Å². The van der Waals surface area contributed by atoms with Crippen molar-refractivity contribution in [1.82, 2.24) is 4.90 Å². The van der Waals surface area contributed by atoms with Crippen LogP contribution in [-0.2, 0) is 9.47 Å². The maximum Gasteiger partial charge on any atom is 0.0876 e. The van der Waals surface area contributed by atoms with E-state index in [0.717, 1.165) is 32.9 Å². The van der Waals surface area contributed by atoms with Crippen LogP contribution in [0.25, 0.3) is 0 Å². The number of nitrogens with zero attached hydrogens (tertiary/aromatic N) is 1. The molecule has 0 aromatic heterocycles. The maximum absolute atomic E-state index is 5.10. The van der Waals surface area contributed by atoms with E-state index < -0.39 is 0 Å². The van der Waals surface area contributed by atoms with Crippen molar-refractivity contribution in [3.05, 3.63) is 12.3 Å². The van der Waals surface area contributed by atoms with Crippen LogP contribution in [0.3, 0.4) is 0 Å². The van der Waals surface area contributed by atoms with Crippen LogP contribution >= 0.6 is 0 Å². The SMILES string of the molecule is C1=COCCC1.CN1CCOCC1. The van der Waals surface area contributed by atoms with E-state index in [1.54, 1.807) is 6.26 Å². The quantitative estimate of drug-likeness (QED) is 0.567. The summed E-state index contributed by atoms with van der Waals surface area (Å²) in [6.45, 7) is 4.93. The summed E-state index contributed by atoms with van der Waals surface area (Å²) >= 11 is 0. The molecule has 0 saturated carbocycles. The molecule has 0 N–H and O–H groups in total. The van der Waals surface area contributed by atoms with Crippen molar-refractivity contribution >= 4 is 0 Å². The zero-order valence-electron chi connectivity index (χ0n) is 8.37. The van der Waals surface area contributed by atoms with Crippen molar-refractivity contribution in [3.8, 4) is 0 Å². The molecule has 0 aromatic rings. The normalized spacial score (nSPS) is 22.8. The van der Waals surface area contributed by atoms with E-state index in [1.165, 1.54) is 12.8 Å². The monoisotopic (exact) mass is 185 g/mol.